The van der Waals surface area contributed by atoms with E-state index in [9.17, 15) is 0 Å². The van der Waals surface area contributed by atoms with Crippen LogP contribution >= 0.6 is 23.2 Å². The molecule has 0 fully saturated rings. The predicted molar refractivity (Wildman–Crippen MR) is 69.5 cm³/mol. The van der Waals surface area contributed by atoms with Crippen molar-refractivity contribution in [1.29, 1.82) is 0 Å². The first kappa shape index (κ1) is 10.6. The molecule has 0 atom stereocenters. The number of benzene rings is 1. The first-order valence-electron chi connectivity index (χ1n) is 5.03. The van der Waals surface area contributed by atoms with Crippen LogP contribution in [0.4, 0.5) is 0 Å². The maximum Gasteiger partial charge on any atom is 0.137 e. The van der Waals surface area contributed by atoms with Crippen molar-refractivity contribution < 1.29 is 4.42 Å². The molecule has 0 aliphatic rings. The molecule has 0 saturated carbocycles. The van der Waals surface area contributed by atoms with Crippen molar-refractivity contribution in [1.82, 2.24) is 4.98 Å². The fourth-order valence-electron chi connectivity index (χ4n) is 1.68. The molecule has 2 heterocycles. The summed E-state index contributed by atoms with van der Waals surface area (Å²) < 4.78 is 5.71. The molecular weight excluding hydrogens is 257 g/mol. The van der Waals surface area contributed by atoms with Crippen LogP contribution in [0.5, 0.6) is 0 Å². The highest BCUT2D eigenvalue weighted by Crippen LogP contribution is 2.31. The predicted octanol–water partition coefficient (Wildman–Crippen LogP) is 4.80. The summed E-state index contributed by atoms with van der Waals surface area (Å²) in [5.74, 6) is 0.756. The van der Waals surface area contributed by atoms with Gasteiger partial charge in [0.25, 0.3) is 0 Å². The molecule has 2 nitrogen and oxygen atoms in total. The highest BCUT2D eigenvalue weighted by atomic mass is 35.5. The quantitative estimate of drug-likeness (QED) is 0.630. The first-order valence-corrected chi connectivity index (χ1v) is 5.78. The molecule has 0 amide bonds. The molecule has 84 valence electrons. The molecular formula is C13H7Cl2NO. The molecule has 0 saturated heterocycles. The van der Waals surface area contributed by atoms with E-state index in [0.717, 1.165) is 22.3 Å². The minimum atomic E-state index is 0.516. The molecule has 1 aromatic carbocycles. The number of hydrogen-bond donors (Lipinski definition) is 0. The zero-order valence-electron chi connectivity index (χ0n) is 8.65. The van der Waals surface area contributed by atoms with Crippen LogP contribution in [0.2, 0.25) is 10.0 Å². The molecule has 0 spiro atoms. The maximum absolute atomic E-state index is 5.98. The monoisotopic (exact) mass is 263 g/mol. The average molecular weight is 264 g/mol. The van der Waals surface area contributed by atoms with Crippen molar-refractivity contribution in [2.45, 2.75) is 0 Å². The van der Waals surface area contributed by atoms with Gasteiger partial charge in [-0.25, -0.2) is 0 Å². The lowest BCUT2D eigenvalue weighted by Crippen LogP contribution is -1.74. The average Bonchev–Trinajstić information content (AvgIpc) is 2.76. The van der Waals surface area contributed by atoms with Crippen molar-refractivity contribution in [3.05, 3.63) is 52.8 Å². The summed E-state index contributed by atoms with van der Waals surface area (Å²) in [4.78, 5) is 4.04. The van der Waals surface area contributed by atoms with Gasteiger partial charge in [0.2, 0.25) is 0 Å². The summed E-state index contributed by atoms with van der Waals surface area (Å²) in [6, 6.07) is 9.18. The Morgan fingerprint density at radius 1 is 1.00 bits per heavy atom. The Morgan fingerprint density at radius 2 is 1.88 bits per heavy atom. The summed E-state index contributed by atoms with van der Waals surface area (Å²) in [5, 5.41) is 2.02. The van der Waals surface area contributed by atoms with Gasteiger partial charge in [-0.3, -0.25) is 4.98 Å². The molecule has 3 aromatic rings. The number of halogens is 2. The van der Waals surface area contributed by atoms with Gasteiger partial charge in [0, 0.05) is 23.3 Å². The van der Waals surface area contributed by atoms with Crippen LogP contribution in [-0.4, -0.2) is 4.98 Å². The summed E-state index contributed by atoms with van der Waals surface area (Å²) in [7, 11) is 0. The van der Waals surface area contributed by atoms with E-state index >= 15 is 0 Å². The number of aromatic nitrogens is 1. The van der Waals surface area contributed by atoms with Gasteiger partial charge in [-0.15, -0.1) is 0 Å². The lowest BCUT2D eigenvalue weighted by atomic mass is 10.1. The van der Waals surface area contributed by atoms with Crippen molar-refractivity contribution >= 4 is 34.2 Å². The second kappa shape index (κ2) is 4.06. The maximum atomic E-state index is 5.98. The van der Waals surface area contributed by atoms with E-state index in [1.165, 1.54) is 0 Å². The van der Waals surface area contributed by atoms with E-state index in [0.29, 0.717) is 10.0 Å². The first-order chi connectivity index (χ1) is 8.24. The molecule has 0 radical (unpaired) electrons. The molecule has 3 rings (SSSR count). The minimum absolute atomic E-state index is 0.516. The Balaban J connectivity index is 2.17. The normalized spacial score (nSPS) is 10.9. The van der Waals surface area contributed by atoms with Gasteiger partial charge in [0.1, 0.15) is 11.3 Å². The Bertz CT molecular complexity index is 658. The van der Waals surface area contributed by atoms with Crippen molar-refractivity contribution in [3.63, 3.8) is 0 Å². The molecule has 0 N–H and O–H groups in total. The van der Waals surface area contributed by atoms with E-state index in [1.807, 2.05) is 18.2 Å². The van der Waals surface area contributed by atoms with E-state index in [-0.39, 0.29) is 0 Å². The summed E-state index contributed by atoms with van der Waals surface area (Å²) in [6.45, 7) is 0. The molecule has 4 heteroatoms. The number of furan rings is 1. The molecule has 2 aromatic heterocycles. The Labute approximate surface area is 108 Å². The number of fused-ring (bicyclic) bond motifs is 1. The van der Waals surface area contributed by atoms with Crippen LogP contribution in [0, 0.1) is 0 Å². The fourth-order valence-corrected chi connectivity index (χ4v) is 1.97. The summed E-state index contributed by atoms with van der Waals surface area (Å²) >= 11 is 11.9. The lowest BCUT2D eigenvalue weighted by molar-refractivity contribution is 0.631. The topological polar surface area (TPSA) is 26.0 Å². The van der Waals surface area contributed by atoms with Gasteiger partial charge >= 0.3 is 0 Å². The number of hydrogen-bond acceptors (Lipinski definition) is 2. The highest BCUT2D eigenvalue weighted by molar-refractivity contribution is 6.42. The molecule has 0 aliphatic carbocycles. The Kier molecular flexibility index (Phi) is 2.54. The third kappa shape index (κ3) is 1.90. The Hall–Kier alpha value is -1.51. The summed E-state index contributed by atoms with van der Waals surface area (Å²) in [5.41, 5.74) is 1.71. The standard InChI is InChI=1S/C13H7Cl2NO/c14-10-2-1-8(5-11(10)15)13-6-9-7-16-4-3-12(9)17-13/h1-7H. The van der Waals surface area contributed by atoms with Crippen LogP contribution < -0.4 is 0 Å². The van der Waals surface area contributed by atoms with E-state index < -0.39 is 0 Å². The molecule has 0 unspecified atom stereocenters. The van der Waals surface area contributed by atoms with Crippen molar-refractivity contribution in [2.24, 2.45) is 0 Å². The third-order valence-electron chi connectivity index (χ3n) is 2.52. The number of pyridine rings is 1. The highest BCUT2D eigenvalue weighted by Gasteiger charge is 2.07. The van der Waals surface area contributed by atoms with Gasteiger partial charge in [-0.05, 0) is 30.3 Å². The van der Waals surface area contributed by atoms with E-state index in [2.05, 4.69) is 4.98 Å². The lowest BCUT2D eigenvalue weighted by Gasteiger charge is -1.99. The largest absolute Gasteiger partial charge is 0.456 e. The van der Waals surface area contributed by atoms with Gasteiger partial charge in [0.05, 0.1) is 10.0 Å². The van der Waals surface area contributed by atoms with Crippen LogP contribution in [0.3, 0.4) is 0 Å². The van der Waals surface area contributed by atoms with Crippen LogP contribution in [0.1, 0.15) is 0 Å². The third-order valence-corrected chi connectivity index (χ3v) is 3.26. The van der Waals surface area contributed by atoms with E-state index in [4.69, 9.17) is 27.6 Å². The van der Waals surface area contributed by atoms with Crippen molar-refractivity contribution in [2.75, 3.05) is 0 Å². The SMILES string of the molecule is Clc1ccc(-c2cc3cnccc3o2)cc1Cl. The minimum Gasteiger partial charge on any atom is -0.456 e. The van der Waals surface area contributed by atoms with Crippen LogP contribution in [-0.2, 0) is 0 Å². The Morgan fingerprint density at radius 3 is 2.65 bits per heavy atom. The van der Waals surface area contributed by atoms with Crippen LogP contribution in [0.25, 0.3) is 22.3 Å². The van der Waals surface area contributed by atoms with Gasteiger partial charge in [-0.1, -0.05) is 23.2 Å². The zero-order valence-corrected chi connectivity index (χ0v) is 10.2. The van der Waals surface area contributed by atoms with Gasteiger partial charge < -0.3 is 4.42 Å². The van der Waals surface area contributed by atoms with Crippen molar-refractivity contribution in [3.8, 4) is 11.3 Å². The molecule has 0 aliphatic heterocycles. The molecule has 17 heavy (non-hydrogen) atoms. The fraction of sp³-hybridized carbons (Fsp3) is 0. The van der Waals surface area contributed by atoms with Gasteiger partial charge in [-0.2, -0.15) is 0 Å². The summed E-state index contributed by atoms with van der Waals surface area (Å²) in [6.07, 6.45) is 3.46. The second-order valence-electron chi connectivity index (χ2n) is 3.65. The zero-order chi connectivity index (χ0) is 11.8. The van der Waals surface area contributed by atoms with E-state index in [1.54, 1.807) is 24.5 Å². The smallest absolute Gasteiger partial charge is 0.137 e. The van der Waals surface area contributed by atoms with Gasteiger partial charge in [0.15, 0.2) is 0 Å². The second-order valence-corrected chi connectivity index (χ2v) is 4.47. The van der Waals surface area contributed by atoms with Crippen LogP contribution in [0.15, 0.2) is 47.1 Å². The number of nitrogens with zero attached hydrogens (tertiary/aromatic N) is 1. The number of rotatable bonds is 1. The molecule has 0 bridgehead atoms.